The van der Waals surface area contributed by atoms with Gasteiger partial charge in [-0.1, -0.05) is 11.6 Å². The second-order valence-corrected chi connectivity index (χ2v) is 8.15. The van der Waals surface area contributed by atoms with Crippen LogP contribution < -0.4 is 21.7 Å². The highest BCUT2D eigenvalue weighted by Crippen LogP contribution is 2.24. The van der Waals surface area contributed by atoms with Gasteiger partial charge in [0.15, 0.2) is 11.1 Å². The molecule has 32 heavy (non-hydrogen) atoms. The Labute approximate surface area is 185 Å². The van der Waals surface area contributed by atoms with Gasteiger partial charge in [-0.25, -0.2) is 14.2 Å². The summed E-state index contributed by atoms with van der Waals surface area (Å²) in [6.07, 6.45) is 5.15. The summed E-state index contributed by atoms with van der Waals surface area (Å²) >= 11 is 6.04. The van der Waals surface area contributed by atoms with Gasteiger partial charge in [-0.05, 0) is 44.0 Å². The monoisotopic (exact) mass is 455 g/mol. The van der Waals surface area contributed by atoms with Crippen molar-refractivity contribution in [2.75, 3.05) is 5.32 Å². The summed E-state index contributed by atoms with van der Waals surface area (Å²) in [4.78, 5) is 25.6. The number of aromatic amines is 2. The first kappa shape index (κ1) is 20.3. The number of halogens is 2. The Morgan fingerprint density at radius 1 is 1.38 bits per heavy atom. The summed E-state index contributed by atoms with van der Waals surface area (Å²) < 4.78 is 15.9. The number of benzene rings is 1. The molecule has 3 heterocycles. The van der Waals surface area contributed by atoms with E-state index in [1.165, 1.54) is 12.1 Å². The van der Waals surface area contributed by atoms with E-state index in [4.69, 9.17) is 16.6 Å². The maximum absolute atomic E-state index is 14.3. The van der Waals surface area contributed by atoms with Crippen molar-refractivity contribution in [2.45, 2.75) is 31.8 Å². The van der Waals surface area contributed by atoms with Crippen LogP contribution in [-0.2, 0) is 0 Å². The van der Waals surface area contributed by atoms with E-state index >= 15 is 0 Å². The third kappa shape index (κ3) is 3.96. The zero-order chi connectivity index (χ0) is 22.4. The first-order valence-corrected chi connectivity index (χ1v) is 10.4. The van der Waals surface area contributed by atoms with Gasteiger partial charge in [-0.2, -0.15) is 9.61 Å². The van der Waals surface area contributed by atoms with E-state index < -0.39 is 11.7 Å². The molecular formula is C21H19ClFN7O2. The number of anilines is 1. The number of aromatic nitrogens is 5. The number of nitrogens with zero attached hydrogens (tertiary/aromatic N) is 4. The molecule has 1 aliphatic carbocycles. The van der Waals surface area contributed by atoms with Crippen LogP contribution in [-0.4, -0.2) is 35.7 Å². The molecule has 1 aromatic carbocycles. The maximum atomic E-state index is 14.3. The average Bonchev–Trinajstić information content (AvgIpc) is 3.38. The number of hydrogen-bond donors (Lipinski definition) is 4. The van der Waals surface area contributed by atoms with E-state index in [-0.39, 0.29) is 23.4 Å². The normalized spacial score (nSPS) is 16.1. The van der Waals surface area contributed by atoms with Crippen molar-refractivity contribution in [3.63, 3.8) is 0 Å². The highest BCUT2D eigenvalue weighted by molar-refractivity contribution is 6.30. The first-order valence-electron chi connectivity index (χ1n) is 10.0. The Morgan fingerprint density at radius 2 is 2.19 bits per heavy atom. The summed E-state index contributed by atoms with van der Waals surface area (Å²) in [7, 11) is 0. The zero-order valence-corrected chi connectivity index (χ0v) is 17.7. The molecular weight excluding hydrogens is 437 g/mol. The lowest BCUT2D eigenvalue weighted by Gasteiger charge is -2.16. The SMILES string of the molecule is C[C@H](Nc1cc(=NC2CC2)n2ncc(=Cc3[nH]c(=O)[nH]c3O)c2n1)c1cc(Cl)ccc1F. The van der Waals surface area contributed by atoms with Crippen LogP contribution in [0.1, 0.15) is 37.1 Å². The summed E-state index contributed by atoms with van der Waals surface area (Å²) in [6.45, 7) is 1.81. The molecule has 1 fully saturated rings. The molecule has 0 spiro atoms. The third-order valence-corrected chi connectivity index (χ3v) is 5.40. The van der Waals surface area contributed by atoms with E-state index in [1.807, 2.05) is 6.92 Å². The van der Waals surface area contributed by atoms with Crippen molar-refractivity contribution in [1.82, 2.24) is 24.6 Å². The van der Waals surface area contributed by atoms with Crippen LogP contribution >= 0.6 is 11.6 Å². The van der Waals surface area contributed by atoms with Crippen molar-refractivity contribution in [3.8, 4) is 5.88 Å². The second kappa shape index (κ2) is 7.79. The van der Waals surface area contributed by atoms with Crippen molar-refractivity contribution in [1.29, 1.82) is 0 Å². The largest absolute Gasteiger partial charge is 0.493 e. The zero-order valence-electron chi connectivity index (χ0n) is 16.9. The minimum Gasteiger partial charge on any atom is -0.493 e. The van der Waals surface area contributed by atoms with Gasteiger partial charge >= 0.3 is 5.69 Å². The Balaban J connectivity index is 1.62. The van der Waals surface area contributed by atoms with Gasteiger partial charge < -0.3 is 15.4 Å². The minimum absolute atomic E-state index is 0.208. The van der Waals surface area contributed by atoms with Gasteiger partial charge in [-0.3, -0.25) is 9.98 Å². The van der Waals surface area contributed by atoms with E-state index in [0.717, 1.165) is 12.8 Å². The van der Waals surface area contributed by atoms with Crippen LogP contribution in [0.2, 0.25) is 5.02 Å². The quantitative estimate of drug-likeness (QED) is 0.366. The molecule has 11 heteroatoms. The fraction of sp³-hybridized carbons (Fsp3) is 0.238. The fourth-order valence-electron chi connectivity index (χ4n) is 3.42. The third-order valence-electron chi connectivity index (χ3n) is 5.17. The van der Waals surface area contributed by atoms with Crippen LogP contribution in [0, 0.1) is 5.82 Å². The molecule has 0 saturated heterocycles. The van der Waals surface area contributed by atoms with Crippen LogP contribution in [0.3, 0.4) is 0 Å². The second-order valence-electron chi connectivity index (χ2n) is 7.71. The number of hydrogen-bond acceptors (Lipinski definition) is 6. The Kier molecular flexibility index (Phi) is 4.93. The van der Waals surface area contributed by atoms with Crippen molar-refractivity contribution in [3.05, 3.63) is 73.8 Å². The predicted molar refractivity (Wildman–Crippen MR) is 117 cm³/mol. The lowest BCUT2D eigenvalue weighted by molar-refractivity contribution is 0.454. The molecule has 0 aliphatic heterocycles. The van der Waals surface area contributed by atoms with Gasteiger partial charge in [0, 0.05) is 21.9 Å². The van der Waals surface area contributed by atoms with Crippen LogP contribution in [0.5, 0.6) is 5.88 Å². The molecule has 164 valence electrons. The number of aromatic hydroxyl groups is 1. The van der Waals surface area contributed by atoms with E-state index in [1.54, 1.807) is 28.9 Å². The lowest BCUT2D eigenvalue weighted by Crippen LogP contribution is -2.21. The molecule has 0 amide bonds. The molecule has 3 aromatic heterocycles. The topological polar surface area (TPSA) is 123 Å². The highest BCUT2D eigenvalue weighted by Gasteiger charge is 2.21. The van der Waals surface area contributed by atoms with E-state index in [0.29, 0.717) is 32.8 Å². The summed E-state index contributed by atoms with van der Waals surface area (Å²) in [5, 5.41) is 18.5. The highest BCUT2D eigenvalue weighted by atomic mass is 35.5. The number of H-pyrrole nitrogens is 2. The number of fused-ring (bicyclic) bond motifs is 1. The molecule has 0 radical (unpaired) electrons. The molecule has 1 atom stereocenters. The lowest BCUT2D eigenvalue weighted by atomic mass is 10.1. The van der Waals surface area contributed by atoms with Gasteiger partial charge in [0.1, 0.15) is 17.3 Å². The van der Waals surface area contributed by atoms with Gasteiger partial charge in [0.2, 0.25) is 5.88 Å². The molecule has 5 rings (SSSR count). The molecule has 1 saturated carbocycles. The molecule has 0 unspecified atom stereocenters. The first-order chi connectivity index (χ1) is 15.4. The number of rotatable bonds is 5. The molecule has 1 aliphatic rings. The Bertz CT molecular complexity index is 1500. The predicted octanol–water partition coefficient (Wildman–Crippen LogP) is 2.03. The van der Waals surface area contributed by atoms with Gasteiger partial charge in [-0.15, -0.1) is 0 Å². The van der Waals surface area contributed by atoms with Crippen LogP contribution in [0.25, 0.3) is 11.7 Å². The van der Waals surface area contributed by atoms with Crippen LogP contribution in [0.4, 0.5) is 10.2 Å². The number of nitrogens with one attached hydrogen (secondary N) is 3. The van der Waals surface area contributed by atoms with Crippen molar-refractivity contribution >= 4 is 29.1 Å². The summed E-state index contributed by atoms with van der Waals surface area (Å²) in [5.41, 5.74) is 1.16. The summed E-state index contributed by atoms with van der Waals surface area (Å²) in [5.74, 6) is -0.175. The average molecular weight is 456 g/mol. The standard InChI is InChI=1S/C21H19ClFN7O2/c1-10(14-7-12(22)2-5-15(14)23)25-17-8-18(26-13-3-4-13)30-19(28-17)11(9-24-30)6-16-20(31)29-21(32)27-16/h2,5-10,13,25,31H,3-4H2,1H3,(H2,27,29,32)/t10-/m0/s1. The van der Waals surface area contributed by atoms with Crippen molar-refractivity contribution in [2.24, 2.45) is 4.99 Å². The minimum atomic E-state index is -0.526. The van der Waals surface area contributed by atoms with Crippen molar-refractivity contribution < 1.29 is 9.50 Å². The fourth-order valence-corrected chi connectivity index (χ4v) is 3.60. The summed E-state index contributed by atoms with van der Waals surface area (Å²) in [6, 6.07) is 5.98. The van der Waals surface area contributed by atoms with Crippen LogP contribution in [0.15, 0.2) is 40.2 Å². The molecule has 0 bridgehead atoms. The maximum Gasteiger partial charge on any atom is 0.326 e. The van der Waals surface area contributed by atoms with E-state index in [2.05, 4.69) is 25.4 Å². The Hall–Kier alpha value is -3.66. The molecule has 9 nitrogen and oxygen atoms in total. The molecule has 4 N–H and O–H groups in total. The van der Waals surface area contributed by atoms with E-state index in [9.17, 15) is 14.3 Å². The Morgan fingerprint density at radius 3 is 2.91 bits per heavy atom. The number of imidazole rings is 1. The smallest absolute Gasteiger partial charge is 0.326 e. The van der Waals surface area contributed by atoms with Gasteiger partial charge in [0.05, 0.1) is 18.3 Å². The van der Waals surface area contributed by atoms with Gasteiger partial charge in [0.25, 0.3) is 0 Å². The molecule has 4 aromatic rings.